The minimum Gasteiger partial charge on any atom is -0.486 e. The zero-order chi connectivity index (χ0) is 14.2. The highest BCUT2D eigenvalue weighted by Gasteiger charge is 2.25. The molecule has 0 bridgehead atoms. The summed E-state index contributed by atoms with van der Waals surface area (Å²) in [5.74, 6) is 2.99. The van der Waals surface area contributed by atoms with E-state index in [2.05, 4.69) is 9.97 Å². The second-order valence-electron chi connectivity index (χ2n) is 6.06. The molecule has 1 atom stereocenters. The number of nitrogens with two attached hydrogens (primary N) is 1. The number of ether oxygens (including phenoxy) is 2. The molecule has 2 heterocycles. The van der Waals surface area contributed by atoms with Gasteiger partial charge in [-0.25, -0.2) is 4.98 Å². The number of aromatic nitrogens is 2. The van der Waals surface area contributed by atoms with E-state index in [1.54, 1.807) is 0 Å². The van der Waals surface area contributed by atoms with E-state index in [-0.39, 0.29) is 6.04 Å². The fourth-order valence-corrected chi connectivity index (χ4v) is 3.44. The molecule has 0 spiro atoms. The Morgan fingerprint density at radius 3 is 2.57 bits per heavy atom. The molecule has 1 aromatic heterocycles. The zero-order valence-corrected chi connectivity index (χ0v) is 12.1. The fourth-order valence-electron chi connectivity index (χ4n) is 3.44. The molecule has 5 heteroatoms. The van der Waals surface area contributed by atoms with E-state index in [0.29, 0.717) is 19.1 Å². The van der Waals surface area contributed by atoms with Gasteiger partial charge in [0.05, 0.1) is 17.1 Å². The number of benzene rings is 1. The summed E-state index contributed by atoms with van der Waals surface area (Å²) in [7, 11) is 0. The van der Waals surface area contributed by atoms with Gasteiger partial charge in [-0.2, -0.15) is 0 Å². The molecule has 1 unspecified atom stereocenters. The van der Waals surface area contributed by atoms with Crippen molar-refractivity contribution in [2.24, 2.45) is 11.7 Å². The van der Waals surface area contributed by atoms with Gasteiger partial charge in [0, 0.05) is 12.1 Å². The first-order chi connectivity index (χ1) is 10.3. The summed E-state index contributed by atoms with van der Waals surface area (Å²) in [5.41, 5.74) is 8.31. The first kappa shape index (κ1) is 13.0. The second-order valence-corrected chi connectivity index (χ2v) is 6.06. The average molecular weight is 287 g/mol. The zero-order valence-electron chi connectivity index (χ0n) is 12.1. The molecule has 1 saturated carbocycles. The number of rotatable bonds is 2. The second kappa shape index (κ2) is 5.22. The standard InChI is InChI=1S/C16H21N3O2/c17-15(10-4-2-1-3-5-10)16-18-11-8-13-14(9-12(11)19-16)21-7-6-20-13/h8-10,15H,1-7,17H2,(H,18,19). The maximum atomic E-state index is 6.43. The lowest BCUT2D eigenvalue weighted by Crippen LogP contribution is -2.24. The molecule has 0 radical (unpaired) electrons. The van der Waals surface area contributed by atoms with Crippen LogP contribution in [0, 0.1) is 5.92 Å². The predicted molar refractivity (Wildman–Crippen MR) is 80.6 cm³/mol. The van der Waals surface area contributed by atoms with Gasteiger partial charge < -0.3 is 20.2 Å². The van der Waals surface area contributed by atoms with Crippen LogP contribution >= 0.6 is 0 Å². The van der Waals surface area contributed by atoms with Gasteiger partial charge in [-0.1, -0.05) is 19.3 Å². The van der Waals surface area contributed by atoms with Gasteiger partial charge in [0.15, 0.2) is 11.5 Å². The first-order valence-electron chi connectivity index (χ1n) is 7.86. The molecule has 2 aliphatic rings. The van der Waals surface area contributed by atoms with Gasteiger partial charge in [0.1, 0.15) is 19.0 Å². The van der Waals surface area contributed by atoms with Crippen molar-refractivity contribution in [3.63, 3.8) is 0 Å². The third-order valence-corrected chi connectivity index (χ3v) is 4.64. The summed E-state index contributed by atoms with van der Waals surface area (Å²) >= 11 is 0. The van der Waals surface area contributed by atoms with Crippen molar-refractivity contribution in [1.82, 2.24) is 9.97 Å². The highest BCUT2D eigenvalue weighted by Crippen LogP contribution is 2.36. The topological polar surface area (TPSA) is 73.2 Å². The van der Waals surface area contributed by atoms with Gasteiger partial charge in [0.2, 0.25) is 0 Å². The number of aromatic amines is 1. The van der Waals surface area contributed by atoms with E-state index in [1.807, 2.05) is 12.1 Å². The van der Waals surface area contributed by atoms with Gasteiger partial charge in [0.25, 0.3) is 0 Å². The molecule has 0 saturated heterocycles. The number of hydrogen-bond acceptors (Lipinski definition) is 4. The number of nitrogens with one attached hydrogen (secondary N) is 1. The summed E-state index contributed by atoms with van der Waals surface area (Å²) in [5, 5.41) is 0. The van der Waals surface area contributed by atoms with Crippen LogP contribution in [-0.2, 0) is 0 Å². The molecule has 112 valence electrons. The lowest BCUT2D eigenvalue weighted by Gasteiger charge is -2.26. The van der Waals surface area contributed by atoms with Crippen LogP contribution in [-0.4, -0.2) is 23.2 Å². The van der Waals surface area contributed by atoms with Crippen molar-refractivity contribution in [2.45, 2.75) is 38.1 Å². The van der Waals surface area contributed by atoms with Crippen molar-refractivity contribution in [3.05, 3.63) is 18.0 Å². The van der Waals surface area contributed by atoms with E-state index >= 15 is 0 Å². The molecule has 1 aliphatic carbocycles. The van der Waals surface area contributed by atoms with Crippen molar-refractivity contribution in [2.75, 3.05) is 13.2 Å². The van der Waals surface area contributed by atoms with Gasteiger partial charge >= 0.3 is 0 Å². The third kappa shape index (κ3) is 2.35. The Hall–Kier alpha value is -1.75. The minimum atomic E-state index is -0.00318. The summed E-state index contributed by atoms with van der Waals surface area (Å²) in [6, 6.07) is 3.90. The molecule has 3 N–H and O–H groups in total. The van der Waals surface area contributed by atoms with Crippen LogP contribution in [0.2, 0.25) is 0 Å². The molecule has 2 aromatic rings. The highest BCUT2D eigenvalue weighted by atomic mass is 16.6. The van der Waals surface area contributed by atoms with Crippen LogP contribution in [0.1, 0.15) is 44.0 Å². The lowest BCUT2D eigenvalue weighted by atomic mass is 9.84. The average Bonchev–Trinajstić information content (AvgIpc) is 2.95. The van der Waals surface area contributed by atoms with Gasteiger partial charge in [-0.3, -0.25) is 0 Å². The van der Waals surface area contributed by atoms with Crippen LogP contribution in [0.3, 0.4) is 0 Å². The normalized spacial score (nSPS) is 20.6. The lowest BCUT2D eigenvalue weighted by molar-refractivity contribution is 0.172. The van der Waals surface area contributed by atoms with Crippen molar-refractivity contribution in [3.8, 4) is 11.5 Å². The number of fused-ring (bicyclic) bond motifs is 2. The predicted octanol–water partition coefficient (Wildman–Crippen LogP) is 2.91. The Balaban J connectivity index is 1.66. The number of H-pyrrole nitrogens is 1. The van der Waals surface area contributed by atoms with Crippen LogP contribution in [0.4, 0.5) is 0 Å². The van der Waals surface area contributed by atoms with Crippen LogP contribution < -0.4 is 15.2 Å². The van der Waals surface area contributed by atoms with Crippen molar-refractivity contribution in [1.29, 1.82) is 0 Å². The minimum absolute atomic E-state index is 0.00318. The summed E-state index contributed by atoms with van der Waals surface area (Å²) < 4.78 is 11.2. The Labute approximate surface area is 123 Å². The smallest absolute Gasteiger partial charge is 0.163 e. The van der Waals surface area contributed by atoms with E-state index in [0.717, 1.165) is 28.4 Å². The summed E-state index contributed by atoms with van der Waals surface area (Å²) in [6.45, 7) is 1.19. The Bertz CT molecular complexity index is 603. The van der Waals surface area contributed by atoms with E-state index in [1.165, 1.54) is 32.1 Å². The fraction of sp³-hybridized carbons (Fsp3) is 0.562. The molecule has 5 nitrogen and oxygen atoms in total. The van der Waals surface area contributed by atoms with Crippen molar-refractivity contribution < 1.29 is 9.47 Å². The molecular weight excluding hydrogens is 266 g/mol. The monoisotopic (exact) mass is 287 g/mol. The number of hydrogen-bond donors (Lipinski definition) is 2. The molecule has 0 amide bonds. The highest BCUT2D eigenvalue weighted by molar-refractivity contribution is 5.80. The first-order valence-corrected chi connectivity index (χ1v) is 7.86. The van der Waals surface area contributed by atoms with Gasteiger partial charge in [-0.15, -0.1) is 0 Å². The summed E-state index contributed by atoms with van der Waals surface area (Å²) in [6.07, 6.45) is 6.33. The summed E-state index contributed by atoms with van der Waals surface area (Å²) in [4.78, 5) is 8.05. The Morgan fingerprint density at radius 1 is 1.10 bits per heavy atom. The molecule has 21 heavy (non-hydrogen) atoms. The van der Waals surface area contributed by atoms with Crippen LogP contribution in [0.15, 0.2) is 12.1 Å². The van der Waals surface area contributed by atoms with E-state index in [9.17, 15) is 0 Å². The molecular formula is C16H21N3O2. The maximum Gasteiger partial charge on any atom is 0.163 e. The van der Waals surface area contributed by atoms with Crippen LogP contribution in [0.25, 0.3) is 11.0 Å². The SMILES string of the molecule is NC(c1nc2cc3c(cc2[nH]1)OCCO3)C1CCCCC1. The molecule has 1 aliphatic heterocycles. The third-order valence-electron chi connectivity index (χ3n) is 4.64. The number of nitrogens with zero attached hydrogens (tertiary/aromatic N) is 1. The van der Waals surface area contributed by atoms with E-state index < -0.39 is 0 Å². The Kier molecular flexibility index (Phi) is 3.22. The van der Waals surface area contributed by atoms with Crippen LogP contribution in [0.5, 0.6) is 11.5 Å². The maximum absolute atomic E-state index is 6.43. The van der Waals surface area contributed by atoms with E-state index in [4.69, 9.17) is 15.2 Å². The van der Waals surface area contributed by atoms with Gasteiger partial charge in [-0.05, 0) is 18.8 Å². The molecule has 4 rings (SSSR count). The Morgan fingerprint density at radius 2 is 1.81 bits per heavy atom. The molecule has 1 aromatic carbocycles. The molecule has 1 fully saturated rings. The quantitative estimate of drug-likeness (QED) is 0.890. The number of imidazole rings is 1. The largest absolute Gasteiger partial charge is 0.486 e. The van der Waals surface area contributed by atoms with Crippen molar-refractivity contribution >= 4 is 11.0 Å².